The van der Waals surface area contributed by atoms with Gasteiger partial charge in [-0.2, -0.15) is 0 Å². The average Bonchev–Trinajstić information content (AvgIpc) is 2.97. The SMILES string of the molecule is CCC1CC1NCC1Cc2cc(F)ccc2O1. The highest BCUT2D eigenvalue weighted by Gasteiger charge is 2.35. The molecule has 92 valence electrons. The minimum absolute atomic E-state index is 0.171. The van der Waals surface area contributed by atoms with E-state index in [0.717, 1.165) is 30.2 Å². The molecule has 2 aliphatic rings. The molecule has 1 aromatic rings. The Kier molecular flexibility index (Phi) is 2.79. The highest BCUT2D eigenvalue weighted by Crippen LogP contribution is 2.34. The number of benzene rings is 1. The molecule has 3 heteroatoms. The summed E-state index contributed by atoms with van der Waals surface area (Å²) in [7, 11) is 0. The Bertz CT molecular complexity index is 421. The van der Waals surface area contributed by atoms with Gasteiger partial charge in [0.25, 0.3) is 0 Å². The van der Waals surface area contributed by atoms with Gasteiger partial charge in [0, 0.05) is 24.6 Å². The Morgan fingerprint density at radius 1 is 1.47 bits per heavy atom. The summed E-state index contributed by atoms with van der Waals surface area (Å²) in [6.07, 6.45) is 3.55. The summed E-state index contributed by atoms with van der Waals surface area (Å²) in [6.45, 7) is 3.11. The molecule has 3 unspecified atom stereocenters. The van der Waals surface area contributed by atoms with Crippen molar-refractivity contribution in [2.75, 3.05) is 6.54 Å². The summed E-state index contributed by atoms with van der Waals surface area (Å²) >= 11 is 0. The molecule has 17 heavy (non-hydrogen) atoms. The van der Waals surface area contributed by atoms with Crippen LogP contribution in [0.5, 0.6) is 5.75 Å². The van der Waals surface area contributed by atoms with Gasteiger partial charge in [0.1, 0.15) is 17.7 Å². The lowest BCUT2D eigenvalue weighted by atomic mass is 10.1. The zero-order chi connectivity index (χ0) is 11.8. The standard InChI is InChI=1S/C14H18FNO/c1-2-9-7-13(9)16-8-12-6-10-5-11(15)3-4-14(10)17-12/h3-5,9,12-13,16H,2,6-8H2,1H3. The van der Waals surface area contributed by atoms with E-state index in [1.54, 1.807) is 12.1 Å². The second kappa shape index (κ2) is 4.30. The van der Waals surface area contributed by atoms with Gasteiger partial charge in [-0.1, -0.05) is 13.3 Å². The van der Waals surface area contributed by atoms with E-state index in [1.165, 1.54) is 18.9 Å². The third kappa shape index (κ3) is 2.29. The Balaban J connectivity index is 1.52. The molecule has 1 aliphatic heterocycles. The summed E-state index contributed by atoms with van der Waals surface area (Å²) in [5, 5.41) is 3.53. The predicted octanol–water partition coefficient (Wildman–Crippen LogP) is 2.52. The first kappa shape index (κ1) is 11.0. The van der Waals surface area contributed by atoms with E-state index in [2.05, 4.69) is 12.2 Å². The maximum atomic E-state index is 13.0. The fraction of sp³-hybridized carbons (Fsp3) is 0.571. The van der Waals surface area contributed by atoms with Gasteiger partial charge in [-0.15, -0.1) is 0 Å². The smallest absolute Gasteiger partial charge is 0.123 e. The van der Waals surface area contributed by atoms with Gasteiger partial charge in [0.2, 0.25) is 0 Å². The van der Waals surface area contributed by atoms with Crippen molar-refractivity contribution in [1.29, 1.82) is 0 Å². The molecule has 0 spiro atoms. The summed E-state index contributed by atoms with van der Waals surface area (Å²) in [5.74, 6) is 1.53. The maximum Gasteiger partial charge on any atom is 0.123 e. The largest absolute Gasteiger partial charge is 0.488 e. The first-order valence-corrected chi connectivity index (χ1v) is 6.44. The molecule has 3 rings (SSSR count). The van der Waals surface area contributed by atoms with Crippen LogP contribution in [0.25, 0.3) is 0 Å². The summed E-state index contributed by atoms with van der Waals surface area (Å²) in [6, 6.07) is 5.46. The fourth-order valence-electron chi connectivity index (χ4n) is 2.63. The van der Waals surface area contributed by atoms with E-state index < -0.39 is 0 Å². The van der Waals surface area contributed by atoms with Crippen LogP contribution in [0, 0.1) is 11.7 Å². The van der Waals surface area contributed by atoms with Gasteiger partial charge in [0.15, 0.2) is 0 Å². The number of nitrogens with one attached hydrogen (secondary N) is 1. The van der Waals surface area contributed by atoms with Gasteiger partial charge in [-0.3, -0.25) is 0 Å². The monoisotopic (exact) mass is 235 g/mol. The van der Waals surface area contributed by atoms with Crippen molar-refractivity contribution >= 4 is 0 Å². The molecule has 1 saturated carbocycles. The predicted molar refractivity (Wildman–Crippen MR) is 64.7 cm³/mol. The lowest BCUT2D eigenvalue weighted by Crippen LogP contribution is -2.32. The zero-order valence-corrected chi connectivity index (χ0v) is 10.1. The molecule has 1 N–H and O–H groups in total. The molecular weight excluding hydrogens is 217 g/mol. The third-order valence-corrected chi connectivity index (χ3v) is 3.82. The Hall–Kier alpha value is -1.09. The number of rotatable bonds is 4. The van der Waals surface area contributed by atoms with Crippen LogP contribution >= 0.6 is 0 Å². The van der Waals surface area contributed by atoms with Gasteiger partial charge in [-0.25, -0.2) is 4.39 Å². The van der Waals surface area contributed by atoms with E-state index in [0.29, 0.717) is 6.04 Å². The summed E-state index contributed by atoms with van der Waals surface area (Å²) < 4.78 is 18.8. The number of halogens is 1. The highest BCUT2D eigenvalue weighted by atomic mass is 19.1. The fourth-order valence-corrected chi connectivity index (χ4v) is 2.63. The van der Waals surface area contributed by atoms with E-state index in [9.17, 15) is 4.39 Å². The maximum absolute atomic E-state index is 13.0. The molecule has 1 aliphatic carbocycles. The number of hydrogen-bond acceptors (Lipinski definition) is 2. The van der Waals surface area contributed by atoms with E-state index in [1.807, 2.05) is 0 Å². The van der Waals surface area contributed by atoms with Crippen LogP contribution < -0.4 is 10.1 Å². The molecule has 0 amide bonds. The topological polar surface area (TPSA) is 21.3 Å². The van der Waals surface area contributed by atoms with Crippen molar-refractivity contribution < 1.29 is 9.13 Å². The molecule has 0 aromatic heterocycles. The first-order chi connectivity index (χ1) is 8.26. The Morgan fingerprint density at radius 3 is 3.12 bits per heavy atom. The van der Waals surface area contributed by atoms with E-state index in [-0.39, 0.29) is 11.9 Å². The zero-order valence-electron chi connectivity index (χ0n) is 10.1. The van der Waals surface area contributed by atoms with E-state index in [4.69, 9.17) is 4.74 Å². The van der Waals surface area contributed by atoms with Crippen molar-refractivity contribution in [3.8, 4) is 5.75 Å². The molecule has 0 saturated heterocycles. The molecule has 1 fully saturated rings. The highest BCUT2D eigenvalue weighted by molar-refractivity contribution is 5.37. The van der Waals surface area contributed by atoms with Crippen LogP contribution in [-0.2, 0) is 6.42 Å². The van der Waals surface area contributed by atoms with Gasteiger partial charge in [-0.05, 0) is 30.5 Å². The normalized spacial score (nSPS) is 29.9. The molecule has 0 radical (unpaired) electrons. The second-order valence-corrected chi connectivity index (χ2v) is 5.11. The van der Waals surface area contributed by atoms with Gasteiger partial charge in [0.05, 0.1) is 0 Å². The Morgan fingerprint density at radius 2 is 2.35 bits per heavy atom. The van der Waals surface area contributed by atoms with Gasteiger partial charge < -0.3 is 10.1 Å². The van der Waals surface area contributed by atoms with Crippen molar-refractivity contribution in [2.24, 2.45) is 5.92 Å². The minimum Gasteiger partial charge on any atom is -0.488 e. The van der Waals surface area contributed by atoms with Crippen LogP contribution in [0.15, 0.2) is 18.2 Å². The van der Waals surface area contributed by atoms with Gasteiger partial charge >= 0.3 is 0 Å². The molecule has 2 nitrogen and oxygen atoms in total. The number of hydrogen-bond donors (Lipinski definition) is 1. The van der Waals surface area contributed by atoms with Crippen LogP contribution in [0.3, 0.4) is 0 Å². The molecule has 1 aromatic carbocycles. The van der Waals surface area contributed by atoms with Crippen LogP contribution in [0.2, 0.25) is 0 Å². The quantitative estimate of drug-likeness (QED) is 0.866. The van der Waals surface area contributed by atoms with E-state index >= 15 is 0 Å². The molecule has 1 heterocycles. The lowest BCUT2D eigenvalue weighted by molar-refractivity contribution is 0.226. The molecular formula is C14H18FNO. The molecule has 0 bridgehead atoms. The Labute approximate surface area is 101 Å². The van der Waals surface area contributed by atoms with Crippen molar-refractivity contribution in [3.05, 3.63) is 29.6 Å². The summed E-state index contributed by atoms with van der Waals surface area (Å²) in [5.41, 5.74) is 1.000. The van der Waals surface area contributed by atoms with Crippen LogP contribution in [0.4, 0.5) is 4.39 Å². The minimum atomic E-state index is -0.172. The van der Waals surface area contributed by atoms with Crippen LogP contribution in [0.1, 0.15) is 25.3 Å². The van der Waals surface area contributed by atoms with Crippen molar-refractivity contribution in [3.63, 3.8) is 0 Å². The lowest BCUT2D eigenvalue weighted by Gasteiger charge is -2.11. The third-order valence-electron chi connectivity index (χ3n) is 3.82. The second-order valence-electron chi connectivity index (χ2n) is 5.11. The average molecular weight is 235 g/mol. The van der Waals surface area contributed by atoms with Crippen molar-refractivity contribution in [2.45, 2.75) is 38.3 Å². The number of ether oxygens (including phenoxy) is 1. The van der Waals surface area contributed by atoms with Crippen LogP contribution in [-0.4, -0.2) is 18.7 Å². The summed E-state index contributed by atoms with van der Waals surface area (Å²) in [4.78, 5) is 0. The van der Waals surface area contributed by atoms with Crippen molar-refractivity contribution in [1.82, 2.24) is 5.32 Å². The molecule has 3 atom stereocenters. The number of fused-ring (bicyclic) bond motifs is 1. The first-order valence-electron chi connectivity index (χ1n) is 6.44.